The van der Waals surface area contributed by atoms with Gasteiger partial charge >= 0.3 is 5.97 Å². The Labute approximate surface area is 187 Å². The molecule has 8 nitrogen and oxygen atoms in total. The fraction of sp³-hybridized carbons (Fsp3) is 0.500. The Kier molecular flexibility index (Phi) is 7.45. The molecule has 3 rings (SSSR count). The Hall–Kier alpha value is -3.00. The van der Waals surface area contributed by atoms with Gasteiger partial charge in [0, 0.05) is 31.3 Å². The van der Waals surface area contributed by atoms with Crippen molar-refractivity contribution >= 4 is 5.97 Å². The summed E-state index contributed by atoms with van der Waals surface area (Å²) in [5.41, 5.74) is 2.04. The van der Waals surface area contributed by atoms with E-state index in [4.69, 9.17) is 18.9 Å². The molecule has 1 aromatic heterocycles. The second-order valence-electron chi connectivity index (χ2n) is 8.09. The molecule has 1 aliphatic carbocycles. The lowest BCUT2D eigenvalue weighted by Crippen LogP contribution is -2.27. The topological polar surface area (TPSA) is 107 Å². The summed E-state index contributed by atoms with van der Waals surface area (Å²) in [4.78, 5) is 27.4. The number of carboxylic acids is 1. The van der Waals surface area contributed by atoms with E-state index >= 15 is 0 Å². The molecule has 0 fully saturated rings. The molecular formula is C24H31NO7. The van der Waals surface area contributed by atoms with Crippen LogP contribution >= 0.6 is 0 Å². The summed E-state index contributed by atoms with van der Waals surface area (Å²) in [7, 11) is 3.21. The number of aromatic amines is 1. The van der Waals surface area contributed by atoms with E-state index in [0.717, 1.165) is 23.1 Å². The predicted molar refractivity (Wildman–Crippen MR) is 120 cm³/mol. The van der Waals surface area contributed by atoms with Crippen LogP contribution in [0.15, 0.2) is 16.9 Å². The first kappa shape index (κ1) is 23.7. The molecule has 32 heavy (non-hydrogen) atoms. The quantitative estimate of drug-likeness (QED) is 0.535. The SMILES string of the molecule is CCOc1c2c([nH]c(=O)c1C(=O)O)-c1cc(OC)c(OCCCOC)cc1CC2C(C)C. The summed E-state index contributed by atoms with van der Waals surface area (Å²) in [5, 5.41) is 9.69. The first-order chi connectivity index (χ1) is 15.3. The highest BCUT2D eigenvalue weighted by Gasteiger charge is 2.35. The Balaban J connectivity index is 2.21. The lowest BCUT2D eigenvalue weighted by atomic mass is 9.75. The number of nitrogens with one attached hydrogen (secondary N) is 1. The molecule has 1 heterocycles. The molecule has 0 spiro atoms. The summed E-state index contributed by atoms with van der Waals surface area (Å²) >= 11 is 0. The summed E-state index contributed by atoms with van der Waals surface area (Å²) < 4.78 is 22.3. The molecule has 0 bridgehead atoms. The summed E-state index contributed by atoms with van der Waals surface area (Å²) in [6.45, 7) is 7.27. The van der Waals surface area contributed by atoms with Crippen molar-refractivity contribution < 1.29 is 28.8 Å². The molecule has 0 saturated heterocycles. The zero-order valence-corrected chi connectivity index (χ0v) is 19.2. The van der Waals surface area contributed by atoms with E-state index in [0.29, 0.717) is 36.8 Å². The van der Waals surface area contributed by atoms with E-state index in [1.54, 1.807) is 21.1 Å². The minimum absolute atomic E-state index is 0.0382. The van der Waals surface area contributed by atoms with Crippen LogP contribution in [0.25, 0.3) is 11.3 Å². The van der Waals surface area contributed by atoms with Crippen molar-refractivity contribution in [3.05, 3.63) is 39.2 Å². The first-order valence-electron chi connectivity index (χ1n) is 10.8. The van der Waals surface area contributed by atoms with Crippen LogP contribution in [0.1, 0.15) is 54.6 Å². The number of carboxylic acid groups (broad SMARTS) is 1. The van der Waals surface area contributed by atoms with E-state index in [1.165, 1.54) is 0 Å². The van der Waals surface area contributed by atoms with Crippen molar-refractivity contribution in [1.29, 1.82) is 0 Å². The molecule has 1 aliphatic rings. The lowest BCUT2D eigenvalue weighted by molar-refractivity contribution is 0.0690. The number of fused-ring (bicyclic) bond motifs is 3. The number of hydrogen-bond donors (Lipinski definition) is 2. The highest BCUT2D eigenvalue weighted by Crippen LogP contribution is 2.49. The summed E-state index contributed by atoms with van der Waals surface area (Å²) in [6.07, 6.45) is 1.40. The van der Waals surface area contributed by atoms with Gasteiger partial charge in [-0.2, -0.15) is 0 Å². The molecule has 1 unspecified atom stereocenters. The van der Waals surface area contributed by atoms with Gasteiger partial charge < -0.3 is 29.0 Å². The van der Waals surface area contributed by atoms with Crippen molar-refractivity contribution in [1.82, 2.24) is 4.98 Å². The minimum Gasteiger partial charge on any atom is -0.493 e. The van der Waals surface area contributed by atoms with Crippen LogP contribution in [0.5, 0.6) is 17.2 Å². The average Bonchev–Trinajstić information content (AvgIpc) is 2.75. The number of pyridine rings is 1. The van der Waals surface area contributed by atoms with Crippen molar-refractivity contribution in [2.45, 2.75) is 39.5 Å². The number of ether oxygens (including phenoxy) is 4. The number of rotatable bonds is 10. The van der Waals surface area contributed by atoms with Gasteiger partial charge in [-0.1, -0.05) is 13.8 Å². The average molecular weight is 446 g/mol. The Bertz CT molecular complexity index is 1040. The molecule has 1 aromatic carbocycles. The van der Waals surface area contributed by atoms with Gasteiger partial charge in [-0.05, 0) is 42.9 Å². The fourth-order valence-electron chi connectivity index (χ4n) is 4.22. The van der Waals surface area contributed by atoms with E-state index in [1.807, 2.05) is 12.1 Å². The molecular weight excluding hydrogens is 414 g/mol. The summed E-state index contributed by atoms with van der Waals surface area (Å²) in [5.74, 6) is 0.162. The van der Waals surface area contributed by atoms with Gasteiger partial charge in [-0.15, -0.1) is 0 Å². The van der Waals surface area contributed by atoms with Crippen LogP contribution in [-0.2, 0) is 11.2 Å². The molecule has 2 aromatic rings. The number of benzene rings is 1. The normalized spacial score (nSPS) is 14.6. The number of methoxy groups -OCH3 is 2. The van der Waals surface area contributed by atoms with Crippen LogP contribution in [0.3, 0.4) is 0 Å². The van der Waals surface area contributed by atoms with Gasteiger partial charge in [0.1, 0.15) is 5.75 Å². The maximum atomic E-state index is 12.8. The van der Waals surface area contributed by atoms with E-state index < -0.39 is 11.5 Å². The maximum Gasteiger partial charge on any atom is 0.345 e. The number of carbonyl (C=O) groups is 1. The second kappa shape index (κ2) is 10.1. The third-order valence-corrected chi connectivity index (χ3v) is 5.73. The fourth-order valence-corrected chi connectivity index (χ4v) is 4.22. The molecule has 0 radical (unpaired) electrons. The zero-order valence-electron chi connectivity index (χ0n) is 19.2. The van der Waals surface area contributed by atoms with E-state index in [2.05, 4.69) is 18.8 Å². The van der Waals surface area contributed by atoms with Gasteiger partial charge in [0.25, 0.3) is 5.56 Å². The monoisotopic (exact) mass is 445 g/mol. The number of H-pyrrole nitrogens is 1. The van der Waals surface area contributed by atoms with Crippen LogP contribution in [0, 0.1) is 5.92 Å². The van der Waals surface area contributed by atoms with E-state index in [9.17, 15) is 14.7 Å². The Morgan fingerprint density at radius 3 is 2.53 bits per heavy atom. The Morgan fingerprint density at radius 1 is 1.19 bits per heavy atom. The highest BCUT2D eigenvalue weighted by molar-refractivity contribution is 5.93. The van der Waals surface area contributed by atoms with Gasteiger partial charge in [-0.3, -0.25) is 4.79 Å². The van der Waals surface area contributed by atoms with Gasteiger partial charge in [0.15, 0.2) is 17.1 Å². The first-order valence-corrected chi connectivity index (χ1v) is 10.8. The largest absolute Gasteiger partial charge is 0.493 e. The molecule has 0 saturated carbocycles. The van der Waals surface area contributed by atoms with Crippen molar-refractivity contribution in [2.75, 3.05) is 34.0 Å². The van der Waals surface area contributed by atoms with Crippen molar-refractivity contribution in [2.24, 2.45) is 5.92 Å². The standard InChI is InChI=1S/C24H31NO7/c1-6-31-22-19-15(13(2)3)10-14-11-18(32-9-7-8-29-4)17(30-5)12-16(14)21(19)25-23(26)20(22)24(27)28/h11-13,15H,6-10H2,1-5H3,(H,25,26)(H,27,28). The van der Waals surface area contributed by atoms with Crippen molar-refractivity contribution in [3.63, 3.8) is 0 Å². The molecule has 0 amide bonds. The molecule has 1 atom stereocenters. The van der Waals surface area contributed by atoms with Gasteiger partial charge in [0.2, 0.25) is 0 Å². The van der Waals surface area contributed by atoms with Crippen LogP contribution < -0.4 is 19.8 Å². The Morgan fingerprint density at radius 2 is 1.94 bits per heavy atom. The maximum absolute atomic E-state index is 12.8. The van der Waals surface area contributed by atoms with Crippen LogP contribution in [-0.4, -0.2) is 50.1 Å². The number of hydrogen-bond acceptors (Lipinski definition) is 6. The predicted octanol–water partition coefficient (Wildman–Crippen LogP) is 3.86. The third kappa shape index (κ3) is 4.46. The smallest absolute Gasteiger partial charge is 0.345 e. The van der Waals surface area contributed by atoms with Crippen LogP contribution in [0.2, 0.25) is 0 Å². The third-order valence-electron chi connectivity index (χ3n) is 5.73. The number of aromatic nitrogens is 1. The van der Waals surface area contributed by atoms with Gasteiger partial charge in [0.05, 0.1) is 26.0 Å². The second-order valence-corrected chi connectivity index (χ2v) is 8.09. The van der Waals surface area contributed by atoms with E-state index in [-0.39, 0.29) is 29.8 Å². The molecule has 0 aliphatic heterocycles. The summed E-state index contributed by atoms with van der Waals surface area (Å²) in [6, 6.07) is 3.78. The lowest BCUT2D eigenvalue weighted by Gasteiger charge is -2.32. The minimum atomic E-state index is -1.30. The van der Waals surface area contributed by atoms with Crippen molar-refractivity contribution in [3.8, 4) is 28.5 Å². The zero-order chi connectivity index (χ0) is 23.4. The van der Waals surface area contributed by atoms with Gasteiger partial charge in [-0.25, -0.2) is 4.79 Å². The highest BCUT2D eigenvalue weighted by atomic mass is 16.5. The molecule has 174 valence electrons. The number of aromatic carboxylic acids is 1. The molecule has 8 heteroatoms. The molecule has 2 N–H and O–H groups in total. The van der Waals surface area contributed by atoms with Crippen LogP contribution in [0.4, 0.5) is 0 Å².